The average Bonchev–Trinajstić information content (AvgIpc) is 3.03. The molecule has 0 aliphatic carbocycles. The van der Waals surface area contributed by atoms with Crippen LogP contribution in [0.25, 0.3) is 0 Å². The summed E-state index contributed by atoms with van der Waals surface area (Å²) in [5.41, 5.74) is 0.604. The van der Waals surface area contributed by atoms with Crippen molar-refractivity contribution in [2.75, 3.05) is 19.7 Å². The molecular formula is C23H33N3O5S. The van der Waals surface area contributed by atoms with E-state index in [0.29, 0.717) is 43.2 Å². The first-order valence-electron chi connectivity index (χ1n) is 11.3. The molecule has 1 amide bonds. The van der Waals surface area contributed by atoms with Crippen molar-refractivity contribution in [2.24, 2.45) is 16.2 Å². The Bertz CT molecular complexity index is 966. The van der Waals surface area contributed by atoms with E-state index in [0.717, 1.165) is 19.3 Å². The van der Waals surface area contributed by atoms with Gasteiger partial charge in [0.25, 0.3) is 15.9 Å². The molecule has 0 aromatic heterocycles. The van der Waals surface area contributed by atoms with Gasteiger partial charge in [-0.1, -0.05) is 38.8 Å². The molecule has 8 nitrogen and oxygen atoms in total. The number of ether oxygens (including phenoxy) is 1. The fraction of sp³-hybridized carbons (Fsp3) is 0.609. The van der Waals surface area contributed by atoms with Gasteiger partial charge in [-0.15, -0.1) is 4.40 Å². The zero-order valence-corrected chi connectivity index (χ0v) is 19.9. The van der Waals surface area contributed by atoms with E-state index >= 15 is 0 Å². The van der Waals surface area contributed by atoms with Gasteiger partial charge in [-0.3, -0.25) is 9.59 Å². The molecule has 0 spiro atoms. The van der Waals surface area contributed by atoms with Gasteiger partial charge in [0.15, 0.2) is 12.4 Å². The summed E-state index contributed by atoms with van der Waals surface area (Å²) in [7, 11) is -3.66. The molecule has 2 heterocycles. The Morgan fingerprint density at radius 3 is 2.53 bits per heavy atom. The number of amidine groups is 1. The van der Waals surface area contributed by atoms with E-state index in [2.05, 4.69) is 23.6 Å². The lowest BCUT2D eigenvalue weighted by Crippen LogP contribution is -2.41. The van der Waals surface area contributed by atoms with Crippen LogP contribution in [0.15, 0.2) is 33.6 Å². The van der Waals surface area contributed by atoms with Crippen LogP contribution in [0, 0.1) is 11.8 Å². The number of nitrogens with one attached hydrogen (secondary N) is 1. The molecule has 9 heteroatoms. The monoisotopic (exact) mass is 463 g/mol. The molecule has 1 N–H and O–H groups in total. The van der Waals surface area contributed by atoms with Gasteiger partial charge in [-0.2, -0.15) is 8.42 Å². The Morgan fingerprint density at radius 2 is 1.84 bits per heavy atom. The molecular weight excluding hydrogens is 430 g/mol. The lowest BCUT2D eigenvalue weighted by Gasteiger charge is -2.32. The Balaban J connectivity index is 1.43. The number of sulfonamides is 1. The minimum absolute atomic E-state index is 0.0505. The van der Waals surface area contributed by atoms with Crippen LogP contribution in [0.5, 0.6) is 0 Å². The number of carbonyl (C=O) groups excluding carboxylic acids is 2. The van der Waals surface area contributed by atoms with E-state index in [1.54, 1.807) is 24.3 Å². The van der Waals surface area contributed by atoms with E-state index in [9.17, 15) is 18.0 Å². The maximum Gasteiger partial charge on any atom is 0.309 e. The summed E-state index contributed by atoms with van der Waals surface area (Å²) < 4.78 is 33.7. The predicted octanol–water partition coefficient (Wildman–Crippen LogP) is 2.72. The predicted molar refractivity (Wildman–Crippen MR) is 122 cm³/mol. The molecule has 0 saturated carbocycles. The number of esters is 1. The Morgan fingerprint density at radius 1 is 1.16 bits per heavy atom. The Hall–Kier alpha value is -2.42. The quantitative estimate of drug-likeness (QED) is 0.595. The van der Waals surface area contributed by atoms with Crippen molar-refractivity contribution in [1.29, 1.82) is 0 Å². The summed E-state index contributed by atoms with van der Waals surface area (Å²) in [6, 6.07) is 6.83. The summed E-state index contributed by atoms with van der Waals surface area (Å²) in [6.45, 7) is 7.04. The first-order chi connectivity index (χ1) is 15.2. The lowest BCUT2D eigenvalue weighted by molar-refractivity contribution is -0.153. The lowest BCUT2D eigenvalue weighted by atomic mass is 9.96. The van der Waals surface area contributed by atoms with Gasteiger partial charge in [-0.05, 0) is 44.2 Å². The van der Waals surface area contributed by atoms with Crippen molar-refractivity contribution in [1.82, 2.24) is 10.2 Å². The van der Waals surface area contributed by atoms with Crippen LogP contribution >= 0.6 is 0 Å². The summed E-state index contributed by atoms with van der Waals surface area (Å²) >= 11 is 0. The van der Waals surface area contributed by atoms with Crippen molar-refractivity contribution in [3.63, 3.8) is 0 Å². The maximum atomic E-state index is 12.4. The summed E-state index contributed by atoms with van der Waals surface area (Å²) in [4.78, 5) is 26.6. The number of benzene rings is 1. The fourth-order valence-electron chi connectivity index (χ4n) is 4.12. The van der Waals surface area contributed by atoms with Gasteiger partial charge in [0.2, 0.25) is 0 Å². The molecule has 32 heavy (non-hydrogen) atoms. The molecule has 1 aromatic rings. The van der Waals surface area contributed by atoms with Gasteiger partial charge in [0, 0.05) is 24.7 Å². The van der Waals surface area contributed by atoms with Gasteiger partial charge in [0.1, 0.15) is 4.90 Å². The average molecular weight is 464 g/mol. The summed E-state index contributed by atoms with van der Waals surface area (Å²) in [5, 5.41) is 2.88. The number of rotatable bonds is 8. The third-order valence-corrected chi connectivity index (χ3v) is 7.24. The highest BCUT2D eigenvalue weighted by Gasteiger charge is 2.34. The molecule has 1 aromatic carbocycles. The Labute approximate surface area is 190 Å². The van der Waals surface area contributed by atoms with Crippen LogP contribution in [0.2, 0.25) is 0 Å². The number of likely N-dealkylation sites (tertiary alicyclic amines) is 1. The number of fused-ring (bicyclic) bond motifs is 1. The molecule has 1 atom stereocenters. The van der Waals surface area contributed by atoms with E-state index < -0.39 is 10.0 Å². The summed E-state index contributed by atoms with van der Waals surface area (Å²) in [5.74, 6) is 0.114. The first-order valence-corrected chi connectivity index (χ1v) is 12.8. The van der Waals surface area contributed by atoms with Crippen molar-refractivity contribution in [3.8, 4) is 0 Å². The highest BCUT2D eigenvalue weighted by Crippen LogP contribution is 2.29. The molecule has 0 radical (unpaired) electrons. The standard InChI is InChI=1S/C23H33N3O5S/c1-16(2)7-6-8-17(3)24-21(27)15-31-23(28)18-11-13-26(14-12-18)22-19-9-4-5-10-20(19)32(29,30)25-22/h4-5,9-10,16-18H,6-8,11-15H2,1-3H3,(H,24,27)/t17-/m1/s1. The molecule has 2 aliphatic heterocycles. The van der Waals surface area contributed by atoms with Crippen LogP contribution in [-0.2, 0) is 24.3 Å². The van der Waals surface area contributed by atoms with Crippen molar-refractivity contribution >= 4 is 27.7 Å². The second kappa shape index (κ2) is 10.5. The van der Waals surface area contributed by atoms with Crippen LogP contribution in [0.1, 0.15) is 58.4 Å². The van der Waals surface area contributed by atoms with Gasteiger partial charge in [-0.25, -0.2) is 0 Å². The highest BCUT2D eigenvalue weighted by molar-refractivity contribution is 7.90. The SMILES string of the molecule is CC(C)CCC[C@@H](C)NC(=O)COC(=O)C1CCN(C2=NS(=O)(=O)c3ccccc32)CC1. The smallest absolute Gasteiger partial charge is 0.309 e. The fourth-order valence-corrected chi connectivity index (χ4v) is 5.35. The van der Waals surface area contributed by atoms with Gasteiger partial charge >= 0.3 is 5.97 Å². The Kier molecular flexibility index (Phi) is 7.92. The van der Waals surface area contributed by atoms with Crippen LogP contribution in [-0.4, -0.2) is 56.8 Å². The third kappa shape index (κ3) is 6.09. The number of piperidine rings is 1. The molecule has 176 valence electrons. The minimum Gasteiger partial charge on any atom is -0.455 e. The number of hydrogen-bond donors (Lipinski definition) is 1. The molecule has 0 bridgehead atoms. The molecule has 1 fully saturated rings. The van der Waals surface area contributed by atoms with Gasteiger partial charge in [0.05, 0.1) is 5.92 Å². The second-order valence-electron chi connectivity index (χ2n) is 9.05. The number of carbonyl (C=O) groups is 2. The molecule has 0 unspecified atom stereocenters. The van der Waals surface area contributed by atoms with Gasteiger partial charge < -0.3 is 15.0 Å². The number of nitrogens with zero attached hydrogens (tertiary/aromatic N) is 2. The van der Waals surface area contributed by atoms with Crippen LogP contribution in [0.3, 0.4) is 0 Å². The van der Waals surface area contributed by atoms with Crippen molar-refractivity contribution in [3.05, 3.63) is 29.8 Å². The topological polar surface area (TPSA) is 105 Å². The van der Waals surface area contributed by atoms with Crippen LogP contribution in [0.4, 0.5) is 0 Å². The van der Waals surface area contributed by atoms with Crippen LogP contribution < -0.4 is 5.32 Å². The first kappa shape index (κ1) is 24.2. The largest absolute Gasteiger partial charge is 0.455 e. The van der Waals surface area contributed by atoms with E-state index in [-0.39, 0.29) is 35.3 Å². The number of hydrogen-bond acceptors (Lipinski definition) is 6. The zero-order chi connectivity index (χ0) is 23.3. The third-order valence-electron chi connectivity index (χ3n) is 5.91. The molecule has 2 aliphatic rings. The van der Waals surface area contributed by atoms with Crippen molar-refractivity contribution < 1.29 is 22.7 Å². The summed E-state index contributed by atoms with van der Waals surface area (Å²) in [6.07, 6.45) is 4.12. The molecule has 1 saturated heterocycles. The number of amides is 1. The van der Waals surface area contributed by atoms with E-state index in [1.165, 1.54) is 0 Å². The van der Waals surface area contributed by atoms with Crippen molar-refractivity contribution in [2.45, 2.75) is 63.8 Å². The second-order valence-corrected chi connectivity index (χ2v) is 10.6. The maximum absolute atomic E-state index is 12.4. The minimum atomic E-state index is -3.66. The van der Waals surface area contributed by atoms with E-state index in [1.807, 2.05) is 11.8 Å². The molecule has 3 rings (SSSR count). The normalized spacial score (nSPS) is 18.8. The highest BCUT2D eigenvalue weighted by atomic mass is 32.2. The zero-order valence-electron chi connectivity index (χ0n) is 19.0. The van der Waals surface area contributed by atoms with E-state index in [4.69, 9.17) is 4.74 Å².